The molecular formula is C33H33F3N4O4S. The van der Waals surface area contributed by atoms with Crippen LogP contribution in [0.15, 0.2) is 60.7 Å². The molecule has 236 valence electrons. The second kappa shape index (κ2) is 13.7. The number of carbonyl (C=O) groups excluding carboxylic acids is 2. The van der Waals surface area contributed by atoms with Crippen molar-refractivity contribution in [1.82, 2.24) is 10.3 Å². The number of halogens is 3. The third-order valence-electron chi connectivity index (χ3n) is 8.09. The smallest absolute Gasteiger partial charge is 0.416 e. The van der Waals surface area contributed by atoms with Gasteiger partial charge in [-0.1, -0.05) is 67.0 Å². The van der Waals surface area contributed by atoms with Gasteiger partial charge in [-0.05, 0) is 66.1 Å². The maximum Gasteiger partial charge on any atom is 0.416 e. The van der Waals surface area contributed by atoms with E-state index in [1.165, 1.54) is 24.8 Å². The van der Waals surface area contributed by atoms with Crippen LogP contribution in [-0.4, -0.2) is 34.4 Å². The fraction of sp³-hybridized carbons (Fsp3) is 0.333. The number of aromatic nitrogens is 1. The maximum absolute atomic E-state index is 13.8. The number of alkyl halides is 3. The van der Waals surface area contributed by atoms with Crippen LogP contribution < -0.4 is 16.4 Å². The summed E-state index contributed by atoms with van der Waals surface area (Å²) in [6, 6.07) is 16.5. The highest BCUT2D eigenvalue weighted by Crippen LogP contribution is 2.38. The molecule has 1 aliphatic carbocycles. The normalized spacial score (nSPS) is 14.6. The van der Waals surface area contributed by atoms with E-state index in [-0.39, 0.29) is 41.6 Å². The molecule has 0 spiro atoms. The zero-order valence-electron chi connectivity index (χ0n) is 24.3. The summed E-state index contributed by atoms with van der Waals surface area (Å²) in [6.45, 7) is 0.00392. The number of rotatable bonds is 10. The van der Waals surface area contributed by atoms with Gasteiger partial charge in [0, 0.05) is 12.1 Å². The van der Waals surface area contributed by atoms with Crippen molar-refractivity contribution in [3.05, 3.63) is 88.5 Å². The molecular weight excluding hydrogens is 605 g/mol. The van der Waals surface area contributed by atoms with Crippen LogP contribution in [0.1, 0.15) is 83.0 Å². The first kappa shape index (κ1) is 32.0. The average Bonchev–Trinajstić information content (AvgIpc) is 3.43. The molecule has 1 unspecified atom stereocenters. The van der Waals surface area contributed by atoms with E-state index < -0.39 is 29.5 Å². The van der Waals surface area contributed by atoms with E-state index in [1.807, 2.05) is 12.1 Å². The van der Waals surface area contributed by atoms with Crippen LogP contribution in [0, 0.1) is 0 Å². The number of carbonyl (C=O) groups is 3. The molecule has 1 saturated carbocycles. The quantitative estimate of drug-likeness (QED) is 0.137. The second-order valence-electron chi connectivity index (χ2n) is 11.3. The highest BCUT2D eigenvalue weighted by Gasteiger charge is 2.32. The minimum atomic E-state index is -4.58. The molecule has 12 heteroatoms. The van der Waals surface area contributed by atoms with Crippen LogP contribution in [0.2, 0.25) is 0 Å². The van der Waals surface area contributed by atoms with Crippen molar-refractivity contribution in [3.63, 3.8) is 0 Å². The zero-order chi connectivity index (χ0) is 32.1. The molecule has 1 aliphatic rings. The number of nitrogens with one attached hydrogen (secondary N) is 2. The number of hydrogen-bond acceptors (Lipinski definition) is 6. The minimum Gasteiger partial charge on any atom is -0.481 e. The Hall–Kier alpha value is -4.45. The Labute approximate surface area is 261 Å². The lowest BCUT2D eigenvalue weighted by atomic mass is 9.83. The van der Waals surface area contributed by atoms with Gasteiger partial charge in [0.25, 0.3) is 5.91 Å². The number of aliphatic carboxylic acids is 1. The zero-order valence-corrected chi connectivity index (χ0v) is 25.1. The number of anilines is 2. The minimum absolute atomic E-state index is 0.00392. The predicted octanol–water partition coefficient (Wildman–Crippen LogP) is 7.11. The summed E-state index contributed by atoms with van der Waals surface area (Å²) < 4.78 is 40.3. The number of nitrogens with zero attached hydrogens (tertiary/aromatic N) is 1. The number of benzene rings is 3. The lowest BCUT2D eigenvalue weighted by molar-refractivity contribution is -0.138. The SMILES string of the molecule is Nc1cc(C(F)(F)F)cc2nc(NC(=O)C(Cc3ccc(C(=O)NCCC(=O)O)cc3)c3ccc(C4CCCCC4)cc3)sc12. The number of nitrogens with two attached hydrogens (primary N) is 1. The summed E-state index contributed by atoms with van der Waals surface area (Å²) in [4.78, 5) is 41.1. The molecule has 0 saturated heterocycles. The summed E-state index contributed by atoms with van der Waals surface area (Å²) in [6.07, 6.45) is 1.41. The lowest BCUT2D eigenvalue weighted by Crippen LogP contribution is -2.26. The molecule has 1 heterocycles. The van der Waals surface area contributed by atoms with Crippen LogP contribution in [0.5, 0.6) is 0 Å². The van der Waals surface area contributed by atoms with E-state index in [0.717, 1.165) is 47.4 Å². The van der Waals surface area contributed by atoms with Crippen molar-refractivity contribution in [2.24, 2.45) is 0 Å². The molecule has 1 atom stereocenters. The molecule has 3 aromatic carbocycles. The Morgan fingerprint density at radius 3 is 2.33 bits per heavy atom. The van der Waals surface area contributed by atoms with E-state index in [1.54, 1.807) is 24.3 Å². The highest BCUT2D eigenvalue weighted by molar-refractivity contribution is 7.23. The van der Waals surface area contributed by atoms with E-state index in [9.17, 15) is 27.6 Å². The third kappa shape index (κ3) is 7.99. The fourth-order valence-corrected chi connectivity index (χ4v) is 6.55. The van der Waals surface area contributed by atoms with Crippen molar-refractivity contribution in [1.29, 1.82) is 0 Å². The van der Waals surface area contributed by atoms with Gasteiger partial charge in [0.05, 0.1) is 33.8 Å². The first-order valence-corrected chi connectivity index (χ1v) is 15.6. The van der Waals surface area contributed by atoms with Crippen molar-refractivity contribution in [2.45, 2.75) is 63.0 Å². The third-order valence-corrected chi connectivity index (χ3v) is 9.12. The number of carboxylic acids is 1. The molecule has 0 aliphatic heterocycles. The number of hydrogen-bond donors (Lipinski definition) is 4. The maximum atomic E-state index is 13.8. The Morgan fingerprint density at radius 1 is 1.00 bits per heavy atom. The van der Waals surface area contributed by atoms with Gasteiger partial charge in [-0.15, -0.1) is 0 Å². The summed E-state index contributed by atoms with van der Waals surface area (Å²) >= 11 is 1.01. The van der Waals surface area contributed by atoms with Crippen molar-refractivity contribution in [3.8, 4) is 0 Å². The number of nitrogen functional groups attached to an aromatic ring is 1. The Bertz CT molecular complexity index is 1680. The second-order valence-corrected chi connectivity index (χ2v) is 12.3. The van der Waals surface area contributed by atoms with E-state index in [4.69, 9.17) is 10.8 Å². The van der Waals surface area contributed by atoms with E-state index >= 15 is 0 Å². The molecule has 4 aromatic rings. The molecule has 0 radical (unpaired) electrons. The molecule has 1 aromatic heterocycles. The summed E-state index contributed by atoms with van der Waals surface area (Å²) in [5, 5.41) is 14.3. The van der Waals surface area contributed by atoms with Crippen LogP contribution in [0.25, 0.3) is 10.2 Å². The fourth-order valence-electron chi connectivity index (χ4n) is 5.68. The van der Waals surface area contributed by atoms with Gasteiger partial charge in [0.1, 0.15) is 0 Å². The molecule has 1 fully saturated rings. The molecule has 45 heavy (non-hydrogen) atoms. The first-order valence-electron chi connectivity index (χ1n) is 14.7. The van der Waals surface area contributed by atoms with Gasteiger partial charge in [0.2, 0.25) is 5.91 Å². The largest absolute Gasteiger partial charge is 0.481 e. The number of thiazole rings is 1. The van der Waals surface area contributed by atoms with Crippen LogP contribution in [0.3, 0.4) is 0 Å². The van der Waals surface area contributed by atoms with Crippen molar-refractivity contribution < 1.29 is 32.7 Å². The molecule has 2 amide bonds. The molecule has 5 rings (SSSR count). The monoisotopic (exact) mass is 638 g/mol. The van der Waals surface area contributed by atoms with Gasteiger partial charge in [-0.2, -0.15) is 13.2 Å². The van der Waals surface area contributed by atoms with Crippen LogP contribution in [-0.2, 0) is 22.2 Å². The average molecular weight is 639 g/mol. The van der Waals surface area contributed by atoms with Gasteiger partial charge in [0.15, 0.2) is 5.13 Å². The van der Waals surface area contributed by atoms with Crippen molar-refractivity contribution in [2.75, 3.05) is 17.6 Å². The summed E-state index contributed by atoms with van der Waals surface area (Å²) in [5.74, 6) is -1.98. The summed E-state index contributed by atoms with van der Waals surface area (Å²) in [7, 11) is 0. The Morgan fingerprint density at radius 2 is 1.69 bits per heavy atom. The van der Waals surface area contributed by atoms with Gasteiger partial charge >= 0.3 is 12.1 Å². The summed E-state index contributed by atoms with van der Waals surface area (Å²) in [5.41, 5.74) is 8.10. The highest BCUT2D eigenvalue weighted by atomic mass is 32.1. The number of fused-ring (bicyclic) bond motifs is 1. The van der Waals surface area contributed by atoms with Gasteiger partial charge < -0.3 is 21.5 Å². The van der Waals surface area contributed by atoms with Crippen LogP contribution >= 0.6 is 11.3 Å². The lowest BCUT2D eigenvalue weighted by Gasteiger charge is -2.23. The first-order chi connectivity index (χ1) is 21.5. The Balaban J connectivity index is 1.38. The predicted molar refractivity (Wildman–Crippen MR) is 167 cm³/mol. The van der Waals surface area contributed by atoms with Gasteiger partial charge in [-0.25, -0.2) is 4.98 Å². The van der Waals surface area contributed by atoms with Gasteiger partial charge in [-0.3, -0.25) is 14.4 Å². The topological polar surface area (TPSA) is 134 Å². The standard InChI is InChI=1S/C33H33F3N4O4S/c34-33(35,36)24-17-26(37)29-27(18-24)39-32(45-29)40-31(44)25(22-12-10-21(11-13-22)20-4-2-1-3-5-20)16-19-6-8-23(9-7-19)30(43)38-15-14-28(41)42/h6-13,17-18,20,25H,1-5,14-16,37H2,(H,38,43)(H,41,42)(H,39,40,44). The van der Waals surface area contributed by atoms with Crippen LogP contribution in [0.4, 0.5) is 24.0 Å². The van der Waals surface area contributed by atoms with E-state index in [2.05, 4.69) is 27.8 Å². The Kier molecular flexibility index (Phi) is 9.71. The molecule has 0 bridgehead atoms. The van der Waals surface area contributed by atoms with Crippen molar-refractivity contribution >= 4 is 50.2 Å². The van der Waals surface area contributed by atoms with E-state index in [0.29, 0.717) is 16.2 Å². The number of amides is 2. The molecule has 5 N–H and O–H groups in total. The molecule has 8 nitrogen and oxygen atoms in total. The number of carboxylic acid groups (broad SMARTS) is 1.